The second kappa shape index (κ2) is 5.08. The number of Topliss-reactive ketones (excluding diaryl/α,β-unsaturated/α-hetero) is 1. The van der Waals surface area contributed by atoms with Crippen LogP contribution in [0.15, 0.2) is 36.4 Å². The van der Waals surface area contributed by atoms with Crippen LogP contribution < -0.4 is 4.90 Å². The third-order valence-corrected chi connectivity index (χ3v) is 3.63. The summed E-state index contributed by atoms with van der Waals surface area (Å²) in [5.41, 5.74) is 2.19. The Balaban J connectivity index is 2.03. The van der Waals surface area contributed by atoms with Crippen molar-refractivity contribution >= 4 is 17.4 Å². The van der Waals surface area contributed by atoms with Crippen LogP contribution in [-0.4, -0.2) is 11.7 Å². The molecule has 0 unspecified atom stereocenters. The molecule has 4 nitrogen and oxygen atoms in total. The van der Waals surface area contributed by atoms with Crippen molar-refractivity contribution in [1.82, 2.24) is 0 Å². The van der Waals surface area contributed by atoms with Crippen molar-refractivity contribution in [2.75, 3.05) is 4.90 Å². The first-order valence-corrected chi connectivity index (χ1v) is 6.66. The Morgan fingerprint density at radius 3 is 2.68 bits per heavy atom. The number of hydrogen-bond donors (Lipinski definition) is 0. The lowest BCUT2D eigenvalue weighted by atomic mass is 10.1. The number of amides is 1. The monoisotopic (exact) mass is 294 g/mol. The van der Waals surface area contributed by atoms with Gasteiger partial charge in [-0.3, -0.25) is 9.59 Å². The summed E-state index contributed by atoms with van der Waals surface area (Å²) in [7, 11) is 0. The Morgan fingerprint density at radius 2 is 1.95 bits per heavy atom. The lowest BCUT2D eigenvalue weighted by Gasteiger charge is -2.17. The van der Waals surface area contributed by atoms with Gasteiger partial charge in [-0.1, -0.05) is 11.6 Å². The van der Waals surface area contributed by atoms with Crippen molar-refractivity contribution in [2.45, 2.75) is 13.5 Å². The smallest absolute Gasteiger partial charge is 0.299 e. The van der Waals surface area contributed by atoms with Crippen molar-refractivity contribution < 1.29 is 14.0 Å². The number of hydrogen-bond acceptors (Lipinski definition) is 3. The van der Waals surface area contributed by atoms with Gasteiger partial charge in [-0.2, -0.15) is 5.26 Å². The lowest BCUT2D eigenvalue weighted by Crippen LogP contribution is -2.29. The van der Waals surface area contributed by atoms with Gasteiger partial charge in [-0.25, -0.2) is 4.39 Å². The van der Waals surface area contributed by atoms with Crippen molar-refractivity contribution in [3.05, 3.63) is 64.5 Å². The SMILES string of the molecule is Cc1ccc2c(c1)C(=O)C(=O)N2Cc1cc(C#N)ccc1F. The molecule has 0 saturated heterocycles. The molecular weight excluding hydrogens is 283 g/mol. The van der Waals surface area contributed by atoms with Crippen LogP contribution in [0, 0.1) is 24.1 Å². The molecule has 0 bridgehead atoms. The number of rotatable bonds is 2. The van der Waals surface area contributed by atoms with Gasteiger partial charge in [0.05, 0.1) is 29.4 Å². The molecule has 0 saturated carbocycles. The number of benzene rings is 2. The molecule has 0 radical (unpaired) electrons. The maximum atomic E-state index is 13.9. The van der Waals surface area contributed by atoms with Gasteiger partial charge in [-0.05, 0) is 37.3 Å². The van der Waals surface area contributed by atoms with E-state index >= 15 is 0 Å². The molecule has 1 heterocycles. The maximum absolute atomic E-state index is 13.9. The largest absolute Gasteiger partial charge is 0.300 e. The van der Waals surface area contributed by atoms with Gasteiger partial charge in [0.2, 0.25) is 0 Å². The summed E-state index contributed by atoms with van der Waals surface area (Å²) in [6.07, 6.45) is 0. The number of ketones is 1. The predicted molar refractivity (Wildman–Crippen MR) is 77.8 cm³/mol. The van der Waals surface area contributed by atoms with Crippen molar-refractivity contribution in [2.24, 2.45) is 0 Å². The highest BCUT2D eigenvalue weighted by Crippen LogP contribution is 2.31. The van der Waals surface area contributed by atoms with Gasteiger partial charge in [0.25, 0.3) is 11.7 Å². The Labute approximate surface area is 126 Å². The Hall–Kier alpha value is -3.00. The summed E-state index contributed by atoms with van der Waals surface area (Å²) in [6, 6.07) is 11.0. The molecule has 3 rings (SSSR count). The van der Waals surface area contributed by atoms with E-state index in [1.165, 1.54) is 23.1 Å². The van der Waals surface area contributed by atoms with Crippen LogP contribution in [0.2, 0.25) is 0 Å². The number of carbonyl (C=O) groups excluding carboxylic acids is 2. The van der Waals surface area contributed by atoms with E-state index < -0.39 is 17.5 Å². The van der Waals surface area contributed by atoms with E-state index in [9.17, 15) is 14.0 Å². The summed E-state index contributed by atoms with van der Waals surface area (Å²) in [4.78, 5) is 25.4. The summed E-state index contributed by atoms with van der Waals surface area (Å²) in [6.45, 7) is 1.75. The first-order valence-electron chi connectivity index (χ1n) is 6.66. The molecular formula is C17H11FN2O2. The van der Waals surface area contributed by atoms with E-state index in [2.05, 4.69) is 0 Å². The van der Waals surface area contributed by atoms with Crippen LogP contribution in [0.25, 0.3) is 0 Å². The van der Waals surface area contributed by atoms with E-state index in [4.69, 9.17) is 5.26 Å². The highest BCUT2D eigenvalue weighted by molar-refractivity contribution is 6.52. The highest BCUT2D eigenvalue weighted by atomic mass is 19.1. The predicted octanol–water partition coefficient (Wildman–Crippen LogP) is 2.74. The van der Waals surface area contributed by atoms with E-state index in [0.717, 1.165) is 5.56 Å². The number of fused-ring (bicyclic) bond motifs is 1. The Kier molecular flexibility index (Phi) is 3.22. The average molecular weight is 294 g/mol. The van der Waals surface area contributed by atoms with Gasteiger partial charge in [-0.15, -0.1) is 0 Å². The summed E-state index contributed by atoms with van der Waals surface area (Å²) in [5, 5.41) is 8.89. The van der Waals surface area contributed by atoms with Gasteiger partial charge < -0.3 is 4.90 Å². The zero-order valence-corrected chi connectivity index (χ0v) is 11.8. The second-order valence-corrected chi connectivity index (χ2v) is 5.16. The molecule has 0 aromatic heterocycles. The highest BCUT2D eigenvalue weighted by Gasteiger charge is 2.36. The van der Waals surface area contributed by atoms with E-state index in [1.54, 1.807) is 18.2 Å². The fourth-order valence-electron chi connectivity index (χ4n) is 2.51. The molecule has 0 N–H and O–H groups in total. The molecule has 0 aliphatic carbocycles. The van der Waals surface area contributed by atoms with Gasteiger partial charge >= 0.3 is 0 Å². The van der Waals surface area contributed by atoms with Crippen LogP contribution in [0.5, 0.6) is 0 Å². The van der Waals surface area contributed by atoms with Crippen LogP contribution in [-0.2, 0) is 11.3 Å². The van der Waals surface area contributed by atoms with E-state index in [1.807, 2.05) is 13.0 Å². The third-order valence-electron chi connectivity index (χ3n) is 3.63. The topological polar surface area (TPSA) is 61.2 Å². The Bertz CT molecular complexity index is 852. The number of aryl methyl sites for hydroxylation is 1. The summed E-state index contributed by atoms with van der Waals surface area (Å²) >= 11 is 0. The molecule has 1 aliphatic rings. The minimum Gasteiger partial charge on any atom is -0.300 e. The van der Waals surface area contributed by atoms with E-state index in [0.29, 0.717) is 16.8 Å². The molecule has 108 valence electrons. The van der Waals surface area contributed by atoms with Gasteiger partial charge in [0.1, 0.15) is 5.82 Å². The molecule has 1 aliphatic heterocycles. The minimum absolute atomic E-state index is 0.0814. The molecule has 22 heavy (non-hydrogen) atoms. The number of halogens is 1. The standard InChI is InChI=1S/C17H11FN2O2/c1-10-2-5-15-13(6-10)16(21)17(22)20(15)9-12-7-11(8-19)3-4-14(12)18/h2-7H,9H2,1H3. The van der Waals surface area contributed by atoms with Crippen LogP contribution in [0.4, 0.5) is 10.1 Å². The van der Waals surface area contributed by atoms with Gasteiger partial charge in [0.15, 0.2) is 0 Å². The quantitative estimate of drug-likeness (QED) is 0.800. The first-order chi connectivity index (χ1) is 10.5. The summed E-state index contributed by atoms with van der Waals surface area (Å²) in [5.74, 6) is -1.78. The zero-order chi connectivity index (χ0) is 15.9. The molecule has 0 fully saturated rings. The molecule has 0 spiro atoms. The fourth-order valence-corrected chi connectivity index (χ4v) is 2.51. The second-order valence-electron chi connectivity index (χ2n) is 5.16. The molecule has 0 atom stereocenters. The van der Waals surface area contributed by atoms with Gasteiger partial charge in [0, 0.05) is 5.56 Å². The number of nitrogens with zero attached hydrogens (tertiary/aromatic N) is 2. The van der Waals surface area contributed by atoms with Crippen molar-refractivity contribution in [1.29, 1.82) is 5.26 Å². The first kappa shape index (κ1) is 14.0. The zero-order valence-electron chi connectivity index (χ0n) is 11.8. The maximum Gasteiger partial charge on any atom is 0.299 e. The fraction of sp³-hybridized carbons (Fsp3) is 0.118. The van der Waals surface area contributed by atoms with Crippen LogP contribution >= 0.6 is 0 Å². The van der Waals surface area contributed by atoms with E-state index in [-0.39, 0.29) is 12.1 Å². The molecule has 2 aromatic carbocycles. The van der Waals surface area contributed by atoms with Crippen LogP contribution in [0.3, 0.4) is 0 Å². The normalized spacial score (nSPS) is 13.2. The number of nitriles is 1. The van der Waals surface area contributed by atoms with Crippen molar-refractivity contribution in [3.63, 3.8) is 0 Å². The molecule has 5 heteroatoms. The Morgan fingerprint density at radius 1 is 1.18 bits per heavy atom. The lowest BCUT2D eigenvalue weighted by molar-refractivity contribution is -0.114. The number of anilines is 1. The third kappa shape index (κ3) is 2.15. The van der Waals surface area contributed by atoms with Crippen LogP contribution in [0.1, 0.15) is 27.0 Å². The molecule has 2 aromatic rings. The average Bonchev–Trinajstić information content (AvgIpc) is 2.74. The number of carbonyl (C=O) groups is 2. The minimum atomic E-state index is -0.678. The molecule has 1 amide bonds. The summed E-state index contributed by atoms with van der Waals surface area (Å²) < 4.78 is 13.9. The van der Waals surface area contributed by atoms with Crippen molar-refractivity contribution in [3.8, 4) is 6.07 Å².